The molecule has 0 aliphatic rings. The van der Waals surface area contributed by atoms with Crippen molar-refractivity contribution in [2.24, 2.45) is 0 Å². The summed E-state index contributed by atoms with van der Waals surface area (Å²) < 4.78 is 11.6. The Morgan fingerprint density at radius 3 is 1.42 bits per heavy atom. The second-order valence-electron chi connectivity index (χ2n) is 8.55. The van der Waals surface area contributed by atoms with Gasteiger partial charge in [-0.2, -0.15) is 0 Å². The SMILES string of the molecule is CCC(=O)/C=C\c1ccc2c(-c3c(OC)ccc4cc(/C=C\C(=O)CC)ccc34)c(OC)ccc2c1. The van der Waals surface area contributed by atoms with Crippen LogP contribution in [0.15, 0.2) is 72.8 Å². The Bertz CT molecular complexity index is 1390. The topological polar surface area (TPSA) is 52.6 Å². The van der Waals surface area contributed by atoms with Gasteiger partial charge in [0.25, 0.3) is 0 Å². The van der Waals surface area contributed by atoms with E-state index in [0.717, 1.165) is 55.3 Å². The number of carbonyl (C=O) groups is 2. The van der Waals surface area contributed by atoms with E-state index in [-0.39, 0.29) is 11.6 Å². The van der Waals surface area contributed by atoms with Crippen LogP contribution in [0.1, 0.15) is 37.8 Å². The summed E-state index contributed by atoms with van der Waals surface area (Å²) in [4.78, 5) is 23.5. The van der Waals surface area contributed by atoms with Gasteiger partial charge in [0.1, 0.15) is 11.5 Å². The van der Waals surface area contributed by atoms with Gasteiger partial charge in [0.2, 0.25) is 0 Å². The predicted molar refractivity (Wildman–Crippen MR) is 149 cm³/mol. The van der Waals surface area contributed by atoms with E-state index in [0.29, 0.717) is 12.8 Å². The molecule has 0 saturated carbocycles. The van der Waals surface area contributed by atoms with E-state index in [9.17, 15) is 9.59 Å². The molecule has 4 aromatic rings. The zero-order valence-electron chi connectivity index (χ0n) is 21.1. The van der Waals surface area contributed by atoms with E-state index in [2.05, 4.69) is 24.3 Å². The summed E-state index contributed by atoms with van der Waals surface area (Å²) in [5.41, 5.74) is 3.82. The lowest BCUT2D eigenvalue weighted by Gasteiger charge is -2.18. The van der Waals surface area contributed by atoms with Gasteiger partial charge in [-0.3, -0.25) is 9.59 Å². The van der Waals surface area contributed by atoms with E-state index in [1.54, 1.807) is 26.4 Å². The van der Waals surface area contributed by atoms with Crippen molar-refractivity contribution in [3.63, 3.8) is 0 Å². The first-order chi connectivity index (χ1) is 17.5. The quantitative estimate of drug-likeness (QED) is 0.232. The molecule has 182 valence electrons. The summed E-state index contributed by atoms with van der Waals surface area (Å²) >= 11 is 0. The molecule has 0 bridgehead atoms. The monoisotopic (exact) mass is 478 g/mol. The fourth-order valence-electron chi connectivity index (χ4n) is 4.33. The van der Waals surface area contributed by atoms with Crippen molar-refractivity contribution in [3.05, 3.63) is 83.9 Å². The third-order valence-electron chi connectivity index (χ3n) is 6.32. The fourth-order valence-corrected chi connectivity index (χ4v) is 4.33. The maximum Gasteiger partial charge on any atom is 0.155 e. The van der Waals surface area contributed by atoms with Crippen LogP contribution in [0.5, 0.6) is 11.5 Å². The molecule has 0 heterocycles. The van der Waals surface area contributed by atoms with Crippen LogP contribution in [0, 0.1) is 0 Å². The first-order valence-corrected chi connectivity index (χ1v) is 12.1. The Morgan fingerprint density at radius 2 is 1.06 bits per heavy atom. The van der Waals surface area contributed by atoms with Gasteiger partial charge in [-0.25, -0.2) is 0 Å². The summed E-state index contributed by atoms with van der Waals surface area (Å²) in [6.07, 6.45) is 7.92. The summed E-state index contributed by atoms with van der Waals surface area (Å²) in [5, 5.41) is 4.12. The largest absolute Gasteiger partial charge is 0.496 e. The number of fused-ring (bicyclic) bond motifs is 2. The molecule has 0 unspecified atom stereocenters. The molecular formula is C32H30O4. The van der Waals surface area contributed by atoms with Crippen LogP contribution < -0.4 is 9.47 Å². The van der Waals surface area contributed by atoms with Gasteiger partial charge in [0.15, 0.2) is 11.6 Å². The lowest BCUT2D eigenvalue weighted by Crippen LogP contribution is -1.95. The summed E-state index contributed by atoms with van der Waals surface area (Å²) in [5.74, 6) is 1.68. The average Bonchev–Trinajstić information content (AvgIpc) is 2.92. The average molecular weight is 479 g/mol. The van der Waals surface area contributed by atoms with Crippen molar-refractivity contribution < 1.29 is 19.1 Å². The van der Waals surface area contributed by atoms with Crippen LogP contribution in [0.25, 0.3) is 44.8 Å². The number of rotatable bonds is 9. The Balaban J connectivity index is 1.93. The number of allylic oxidation sites excluding steroid dienone is 2. The molecule has 0 radical (unpaired) electrons. The molecule has 0 aliphatic carbocycles. The normalized spacial score (nSPS) is 11.6. The third-order valence-corrected chi connectivity index (χ3v) is 6.32. The maximum atomic E-state index is 11.7. The highest BCUT2D eigenvalue weighted by molar-refractivity contribution is 6.10. The van der Waals surface area contributed by atoms with Crippen molar-refractivity contribution in [3.8, 4) is 22.6 Å². The standard InChI is InChI=1S/C32H30O4/c1-5-25(33)13-7-21-9-15-27-23(19-21)11-17-29(35-3)31(27)32-28-16-10-22(8-14-26(34)6-2)20-24(28)12-18-30(32)36-4/h7-20H,5-6H2,1-4H3/b13-7-,14-8-. The second-order valence-corrected chi connectivity index (χ2v) is 8.55. The molecule has 4 heteroatoms. The lowest BCUT2D eigenvalue weighted by atomic mass is 9.91. The first-order valence-electron chi connectivity index (χ1n) is 12.1. The minimum atomic E-state index is 0.0966. The molecule has 4 nitrogen and oxygen atoms in total. The molecule has 0 N–H and O–H groups in total. The van der Waals surface area contributed by atoms with Gasteiger partial charge in [-0.1, -0.05) is 62.4 Å². The van der Waals surface area contributed by atoms with Crippen molar-refractivity contribution in [1.82, 2.24) is 0 Å². The van der Waals surface area contributed by atoms with Gasteiger partial charge in [-0.15, -0.1) is 0 Å². The van der Waals surface area contributed by atoms with Crippen LogP contribution in [-0.2, 0) is 9.59 Å². The molecule has 0 atom stereocenters. The Hall–Kier alpha value is -4.18. The van der Waals surface area contributed by atoms with Gasteiger partial charge in [-0.05, 0) is 69.1 Å². The first kappa shape index (κ1) is 24.9. The molecule has 4 aromatic carbocycles. The number of hydrogen-bond donors (Lipinski definition) is 0. The molecule has 0 amide bonds. The predicted octanol–water partition coefficient (Wildman–Crippen LogP) is 7.66. The highest BCUT2D eigenvalue weighted by Crippen LogP contribution is 2.45. The smallest absolute Gasteiger partial charge is 0.155 e. The van der Waals surface area contributed by atoms with Crippen LogP contribution in [0.4, 0.5) is 0 Å². The maximum absolute atomic E-state index is 11.7. The molecule has 0 saturated heterocycles. The minimum absolute atomic E-state index is 0.0966. The van der Waals surface area contributed by atoms with Crippen molar-refractivity contribution >= 4 is 45.3 Å². The zero-order chi connectivity index (χ0) is 25.7. The summed E-state index contributed by atoms with van der Waals surface area (Å²) in [6.45, 7) is 3.71. The zero-order valence-corrected chi connectivity index (χ0v) is 21.1. The van der Waals surface area contributed by atoms with Crippen LogP contribution in [0.2, 0.25) is 0 Å². The van der Waals surface area contributed by atoms with E-state index in [1.807, 2.05) is 62.4 Å². The third kappa shape index (κ3) is 5.08. The molecule has 0 aromatic heterocycles. The summed E-state index contributed by atoms with van der Waals surface area (Å²) in [7, 11) is 3.34. The number of ketones is 2. The minimum Gasteiger partial charge on any atom is -0.496 e. The van der Waals surface area contributed by atoms with Crippen molar-refractivity contribution in [2.75, 3.05) is 14.2 Å². The highest BCUT2D eigenvalue weighted by Gasteiger charge is 2.18. The number of ether oxygens (including phenoxy) is 2. The van der Waals surface area contributed by atoms with Crippen molar-refractivity contribution in [2.45, 2.75) is 26.7 Å². The number of hydrogen-bond acceptors (Lipinski definition) is 4. The fraction of sp³-hybridized carbons (Fsp3) is 0.188. The molecular weight excluding hydrogens is 448 g/mol. The molecule has 4 rings (SSSR count). The van der Waals surface area contributed by atoms with Crippen LogP contribution in [-0.4, -0.2) is 25.8 Å². The molecule has 0 spiro atoms. The molecule has 0 fully saturated rings. The number of methoxy groups -OCH3 is 2. The van der Waals surface area contributed by atoms with E-state index in [4.69, 9.17) is 9.47 Å². The van der Waals surface area contributed by atoms with Crippen LogP contribution >= 0.6 is 0 Å². The van der Waals surface area contributed by atoms with Crippen LogP contribution in [0.3, 0.4) is 0 Å². The van der Waals surface area contributed by atoms with Gasteiger partial charge < -0.3 is 9.47 Å². The Kier molecular flexibility index (Phi) is 7.65. The number of carbonyl (C=O) groups excluding carboxylic acids is 2. The van der Waals surface area contributed by atoms with Gasteiger partial charge in [0.05, 0.1) is 14.2 Å². The second kappa shape index (κ2) is 11.0. The van der Waals surface area contributed by atoms with E-state index in [1.165, 1.54) is 0 Å². The van der Waals surface area contributed by atoms with E-state index < -0.39 is 0 Å². The summed E-state index contributed by atoms with van der Waals surface area (Å²) in [6, 6.07) is 20.3. The molecule has 36 heavy (non-hydrogen) atoms. The van der Waals surface area contributed by atoms with Crippen molar-refractivity contribution in [1.29, 1.82) is 0 Å². The van der Waals surface area contributed by atoms with Gasteiger partial charge in [0, 0.05) is 24.0 Å². The Morgan fingerprint density at radius 1 is 0.639 bits per heavy atom. The highest BCUT2D eigenvalue weighted by atomic mass is 16.5. The molecule has 0 aliphatic heterocycles. The van der Waals surface area contributed by atoms with Gasteiger partial charge >= 0.3 is 0 Å². The lowest BCUT2D eigenvalue weighted by molar-refractivity contribution is -0.115. The number of benzene rings is 4. The van der Waals surface area contributed by atoms with E-state index >= 15 is 0 Å². The Labute approximate surface area is 211 Å².